The first-order chi connectivity index (χ1) is 12.7. The van der Waals surface area contributed by atoms with Crippen LogP contribution in [0.4, 0.5) is 0 Å². The summed E-state index contributed by atoms with van der Waals surface area (Å²) in [6, 6.07) is 18.8. The van der Waals surface area contributed by atoms with E-state index in [-0.39, 0.29) is 17.3 Å². The standard InChI is InChI=1S/C23H26O3/c1-25-22(24)21-15-23(21)13-11-19(12-14-23)18-7-9-20(10-8-18)26-16-17-5-3-2-4-6-17/h2-10,19,21H,11-16H2,1H3. The number of carbonyl (C=O) groups is 1. The predicted molar refractivity (Wildman–Crippen MR) is 101 cm³/mol. The number of esters is 1. The molecule has 2 aromatic rings. The summed E-state index contributed by atoms with van der Waals surface area (Å²) < 4.78 is 10.8. The quantitative estimate of drug-likeness (QED) is 0.704. The van der Waals surface area contributed by atoms with Crippen LogP contribution in [0.1, 0.15) is 49.1 Å². The molecule has 2 saturated carbocycles. The Bertz CT molecular complexity index is 743. The molecule has 2 aliphatic carbocycles. The lowest BCUT2D eigenvalue weighted by Crippen LogP contribution is -2.19. The summed E-state index contributed by atoms with van der Waals surface area (Å²) >= 11 is 0. The van der Waals surface area contributed by atoms with Crippen LogP contribution in [-0.4, -0.2) is 13.1 Å². The Morgan fingerprint density at radius 3 is 2.38 bits per heavy atom. The van der Waals surface area contributed by atoms with E-state index in [2.05, 4.69) is 36.4 Å². The fraction of sp³-hybridized carbons (Fsp3) is 0.435. The monoisotopic (exact) mass is 350 g/mol. The summed E-state index contributed by atoms with van der Waals surface area (Å²) in [7, 11) is 1.50. The molecule has 2 aliphatic rings. The first-order valence-corrected chi connectivity index (χ1v) is 9.55. The number of hydrogen-bond acceptors (Lipinski definition) is 3. The van der Waals surface area contributed by atoms with E-state index in [1.807, 2.05) is 18.2 Å². The van der Waals surface area contributed by atoms with Crippen LogP contribution in [0, 0.1) is 11.3 Å². The van der Waals surface area contributed by atoms with Crippen LogP contribution < -0.4 is 4.74 Å². The Morgan fingerprint density at radius 2 is 1.73 bits per heavy atom. The molecule has 1 unspecified atom stereocenters. The van der Waals surface area contributed by atoms with Gasteiger partial charge in [-0.05, 0) is 66.7 Å². The van der Waals surface area contributed by atoms with Crippen LogP contribution in [0.3, 0.4) is 0 Å². The van der Waals surface area contributed by atoms with Crippen molar-refractivity contribution >= 4 is 5.97 Å². The summed E-state index contributed by atoms with van der Waals surface area (Å²) in [5, 5.41) is 0. The Hall–Kier alpha value is -2.29. The van der Waals surface area contributed by atoms with E-state index < -0.39 is 0 Å². The molecule has 3 nitrogen and oxygen atoms in total. The molecule has 1 spiro atoms. The lowest BCUT2D eigenvalue weighted by atomic mass is 9.76. The molecule has 0 aliphatic heterocycles. The molecule has 2 aromatic carbocycles. The van der Waals surface area contributed by atoms with Crippen molar-refractivity contribution in [2.45, 2.75) is 44.6 Å². The minimum atomic E-state index is -0.0108. The molecule has 0 bridgehead atoms. The van der Waals surface area contributed by atoms with E-state index in [0.29, 0.717) is 12.5 Å². The van der Waals surface area contributed by atoms with E-state index in [1.54, 1.807) is 0 Å². The number of ether oxygens (including phenoxy) is 2. The Morgan fingerprint density at radius 1 is 1.04 bits per heavy atom. The summed E-state index contributed by atoms with van der Waals surface area (Å²) in [4.78, 5) is 11.8. The van der Waals surface area contributed by atoms with Gasteiger partial charge in [0.25, 0.3) is 0 Å². The lowest BCUT2D eigenvalue weighted by molar-refractivity contribution is -0.143. The fourth-order valence-corrected chi connectivity index (χ4v) is 4.48. The molecule has 2 fully saturated rings. The van der Waals surface area contributed by atoms with E-state index in [4.69, 9.17) is 9.47 Å². The third kappa shape index (κ3) is 3.48. The van der Waals surface area contributed by atoms with Crippen molar-refractivity contribution < 1.29 is 14.3 Å². The van der Waals surface area contributed by atoms with Crippen LogP contribution >= 0.6 is 0 Å². The third-order valence-corrected chi connectivity index (χ3v) is 6.26. The lowest BCUT2D eigenvalue weighted by Gasteiger charge is -2.29. The number of benzene rings is 2. The average molecular weight is 350 g/mol. The molecule has 0 amide bonds. The number of rotatable bonds is 5. The highest BCUT2D eigenvalue weighted by Crippen LogP contribution is 2.63. The van der Waals surface area contributed by atoms with E-state index in [9.17, 15) is 4.79 Å². The zero-order valence-corrected chi connectivity index (χ0v) is 15.3. The maximum absolute atomic E-state index is 11.8. The Balaban J connectivity index is 1.30. The van der Waals surface area contributed by atoms with Crippen LogP contribution in [0.15, 0.2) is 54.6 Å². The molecular weight excluding hydrogens is 324 g/mol. The van der Waals surface area contributed by atoms with E-state index >= 15 is 0 Å². The molecule has 136 valence electrons. The van der Waals surface area contributed by atoms with Gasteiger partial charge in [-0.3, -0.25) is 4.79 Å². The second kappa shape index (κ2) is 7.14. The van der Waals surface area contributed by atoms with Gasteiger partial charge in [0.05, 0.1) is 13.0 Å². The SMILES string of the molecule is COC(=O)C1CC12CCC(c1ccc(OCc3ccccc3)cc1)CC2. The molecule has 0 radical (unpaired) electrons. The molecule has 0 N–H and O–H groups in total. The summed E-state index contributed by atoms with van der Waals surface area (Å²) in [5.41, 5.74) is 2.82. The van der Waals surface area contributed by atoms with Crippen molar-refractivity contribution in [1.82, 2.24) is 0 Å². The molecule has 1 atom stereocenters. The molecule has 0 heterocycles. The van der Waals surface area contributed by atoms with Gasteiger partial charge in [-0.2, -0.15) is 0 Å². The van der Waals surface area contributed by atoms with Gasteiger partial charge >= 0.3 is 5.97 Å². The van der Waals surface area contributed by atoms with Gasteiger partial charge in [-0.15, -0.1) is 0 Å². The number of hydrogen-bond donors (Lipinski definition) is 0. The van der Waals surface area contributed by atoms with E-state index in [0.717, 1.165) is 37.9 Å². The van der Waals surface area contributed by atoms with Crippen molar-refractivity contribution in [2.24, 2.45) is 11.3 Å². The average Bonchev–Trinajstić information content (AvgIpc) is 3.41. The number of carbonyl (C=O) groups excluding carboxylic acids is 1. The zero-order chi connectivity index (χ0) is 18.0. The van der Waals surface area contributed by atoms with Gasteiger partial charge in [0.15, 0.2) is 0 Å². The van der Waals surface area contributed by atoms with Gasteiger partial charge in [0.2, 0.25) is 0 Å². The fourth-order valence-electron chi connectivity index (χ4n) is 4.48. The largest absolute Gasteiger partial charge is 0.489 e. The van der Waals surface area contributed by atoms with Crippen molar-refractivity contribution in [2.75, 3.05) is 7.11 Å². The highest BCUT2D eigenvalue weighted by molar-refractivity contribution is 5.76. The van der Waals surface area contributed by atoms with Gasteiger partial charge in [-0.25, -0.2) is 0 Å². The topological polar surface area (TPSA) is 35.5 Å². The second-order valence-corrected chi connectivity index (χ2v) is 7.76. The molecule has 0 saturated heterocycles. The van der Waals surface area contributed by atoms with Gasteiger partial charge in [-0.1, -0.05) is 42.5 Å². The maximum Gasteiger partial charge on any atom is 0.309 e. The zero-order valence-electron chi connectivity index (χ0n) is 15.3. The van der Waals surface area contributed by atoms with Gasteiger partial charge in [0, 0.05) is 0 Å². The molecule has 3 heteroatoms. The maximum atomic E-state index is 11.8. The van der Waals surface area contributed by atoms with Crippen LogP contribution in [0.2, 0.25) is 0 Å². The van der Waals surface area contributed by atoms with Crippen molar-refractivity contribution in [1.29, 1.82) is 0 Å². The minimum absolute atomic E-state index is 0.0108. The van der Waals surface area contributed by atoms with E-state index in [1.165, 1.54) is 18.2 Å². The molecule has 0 aromatic heterocycles. The van der Waals surface area contributed by atoms with Crippen molar-refractivity contribution in [3.8, 4) is 5.75 Å². The van der Waals surface area contributed by atoms with Crippen LogP contribution in [0.25, 0.3) is 0 Å². The van der Waals surface area contributed by atoms with Crippen molar-refractivity contribution in [3.63, 3.8) is 0 Å². The molecular formula is C23H26O3. The minimum Gasteiger partial charge on any atom is -0.489 e. The Labute approximate surface area is 155 Å². The first-order valence-electron chi connectivity index (χ1n) is 9.55. The molecule has 4 rings (SSSR count). The van der Waals surface area contributed by atoms with Gasteiger partial charge in [0.1, 0.15) is 12.4 Å². The summed E-state index contributed by atoms with van der Waals surface area (Å²) in [6.45, 7) is 0.598. The first kappa shape index (κ1) is 17.1. The third-order valence-electron chi connectivity index (χ3n) is 6.26. The summed E-state index contributed by atoms with van der Waals surface area (Å²) in [5.74, 6) is 1.66. The Kier molecular flexibility index (Phi) is 4.71. The molecule has 26 heavy (non-hydrogen) atoms. The highest BCUT2D eigenvalue weighted by atomic mass is 16.5. The normalized spacial score (nSPS) is 27.1. The smallest absolute Gasteiger partial charge is 0.309 e. The van der Waals surface area contributed by atoms with Crippen LogP contribution in [0.5, 0.6) is 5.75 Å². The highest BCUT2D eigenvalue weighted by Gasteiger charge is 2.59. The number of methoxy groups -OCH3 is 1. The van der Waals surface area contributed by atoms with Crippen molar-refractivity contribution in [3.05, 3.63) is 65.7 Å². The summed E-state index contributed by atoms with van der Waals surface area (Å²) in [6.07, 6.45) is 5.64. The van der Waals surface area contributed by atoms with Gasteiger partial charge < -0.3 is 9.47 Å². The van der Waals surface area contributed by atoms with Crippen LogP contribution in [-0.2, 0) is 16.1 Å². The predicted octanol–water partition coefficient (Wildman–Crippen LogP) is 5.10. The second-order valence-electron chi connectivity index (χ2n) is 7.76.